The van der Waals surface area contributed by atoms with E-state index in [0.29, 0.717) is 6.04 Å². The molecule has 0 saturated carbocycles. The van der Waals surface area contributed by atoms with Crippen molar-refractivity contribution in [3.8, 4) is 5.75 Å². The molecular weight excluding hydrogens is 236 g/mol. The minimum absolute atomic E-state index is 0.0185. The molecule has 0 spiro atoms. The number of rotatable bonds is 4. The highest BCUT2D eigenvalue weighted by Gasteiger charge is 2.17. The Labute approximate surface area is 105 Å². The van der Waals surface area contributed by atoms with Crippen molar-refractivity contribution in [2.45, 2.75) is 18.9 Å². The Morgan fingerprint density at radius 1 is 1.44 bits per heavy atom. The fraction of sp³-hybridized carbons (Fsp3) is 0.500. The molecule has 1 aliphatic rings. The first-order valence-corrected chi connectivity index (χ1v) is 5.87. The van der Waals surface area contributed by atoms with Gasteiger partial charge in [0.05, 0.1) is 12.0 Å². The maximum atomic E-state index is 10.8. The molecule has 1 saturated heterocycles. The molecule has 2 rings (SSSR count). The summed E-state index contributed by atoms with van der Waals surface area (Å²) in [5.41, 5.74) is 0.819. The maximum absolute atomic E-state index is 10.8. The average Bonchev–Trinajstić information content (AvgIpc) is 2.39. The third-order valence-electron chi connectivity index (χ3n) is 2.97. The zero-order valence-electron chi connectivity index (χ0n) is 10.2. The lowest BCUT2D eigenvalue weighted by Crippen LogP contribution is -2.27. The highest BCUT2D eigenvalue weighted by Crippen LogP contribution is 2.30. The van der Waals surface area contributed by atoms with Crippen LogP contribution in [0.1, 0.15) is 12.8 Å². The zero-order valence-corrected chi connectivity index (χ0v) is 10.2. The molecule has 0 amide bonds. The van der Waals surface area contributed by atoms with E-state index in [1.165, 1.54) is 13.2 Å². The number of methoxy groups -OCH3 is 1. The Morgan fingerprint density at radius 3 is 2.78 bits per heavy atom. The first-order chi connectivity index (χ1) is 8.70. The van der Waals surface area contributed by atoms with Gasteiger partial charge in [-0.3, -0.25) is 10.1 Å². The van der Waals surface area contributed by atoms with Gasteiger partial charge in [0.25, 0.3) is 0 Å². The Kier molecular flexibility index (Phi) is 3.99. The number of nitrogens with one attached hydrogen (secondary N) is 1. The van der Waals surface area contributed by atoms with Gasteiger partial charge in [0.1, 0.15) is 0 Å². The summed E-state index contributed by atoms with van der Waals surface area (Å²) in [6, 6.07) is 5.18. The quantitative estimate of drug-likeness (QED) is 0.656. The van der Waals surface area contributed by atoms with Crippen LogP contribution in [0.3, 0.4) is 0 Å². The van der Waals surface area contributed by atoms with Crippen molar-refractivity contribution in [3.63, 3.8) is 0 Å². The van der Waals surface area contributed by atoms with Crippen molar-refractivity contribution >= 4 is 11.4 Å². The molecule has 0 atom stereocenters. The minimum Gasteiger partial charge on any atom is -0.490 e. The van der Waals surface area contributed by atoms with Crippen molar-refractivity contribution in [2.24, 2.45) is 0 Å². The number of hydrogen-bond acceptors (Lipinski definition) is 5. The molecular formula is C12H16N2O4. The number of hydrogen-bond donors (Lipinski definition) is 1. The summed E-state index contributed by atoms with van der Waals surface area (Å²) in [6.07, 6.45) is 1.89. The van der Waals surface area contributed by atoms with Crippen molar-refractivity contribution in [1.29, 1.82) is 0 Å². The van der Waals surface area contributed by atoms with Crippen LogP contribution >= 0.6 is 0 Å². The molecule has 0 aromatic heterocycles. The summed E-state index contributed by atoms with van der Waals surface area (Å²) in [7, 11) is 1.43. The molecule has 18 heavy (non-hydrogen) atoms. The van der Waals surface area contributed by atoms with Crippen LogP contribution < -0.4 is 10.1 Å². The van der Waals surface area contributed by atoms with E-state index >= 15 is 0 Å². The van der Waals surface area contributed by atoms with Gasteiger partial charge in [-0.25, -0.2) is 0 Å². The van der Waals surface area contributed by atoms with Crippen LogP contribution in [0.25, 0.3) is 0 Å². The lowest BCUT2D eigenvalue weighted by atomic mass is 10.1. The van der Waals surface area contributed by atoms with Gasteiger partial charge >= 0.3 is 5.69 Å². The molecule has 1 N–H and O–H groups in total. The van der Waals surface area contributed by atoms with Crippen molar-refractivity contribution in [3.05, 3.63) is 28.3 Å². The average molecular weight is 252 g/mol. The summed E-state index contributed by atoms with van der Waals surface area (Å²) in [5, 5.41) is 14.1. The smallest absolute Gasteiger partial charge is 0.311 e. The molecule has 0 radical (unpaired) electrons. The van der Waals surface area contributed by atoms with E-state index in [-0.39, 0.29) is 11.4 Å². The Balaban J connectivity index is 2.11. The van der Waals surface area contributed by atoms with E-state index in [9.17, 15) is 10.1 Å². The maximum Gasteiger partial charge on any atom is 0.311 e. The van der Waals surface area contributed by atoms with Gasteiger partial charge in [0, 0.05) is 37.1 Å². The molecule has 6 nitrogen and oxygen atoms in total. The van der Waals surface area contributed by atoms with Crippen molar-refractivity contribution in [1.82, 2.24) is 0 Å². The fourth-order valence-corrected chi connectivity index (χ4v) is 2.00. The van der Waals surface area contributed by atoms with E-state index in [2.05, 4.69) is 5.32 Å². The van der Waals surface area contributed by atoms with E-state index < -0.39 is 4.92 Å². The third-order valence-corrected chi connectivity index (χ3v) is 2.97. The highest BCUT2D eigenvalue weighted by atomic mass is 16.6. The Bertz CT molecular complexity index is 430. The SMILES string of the molecule is COc1cc(NC2CCOCC2)ccc1[N+](=O)[O-]. The Morgan fingerprint density at radius 2 is 2.17 bits per heavy atom. The second-order valence-electron chi connectivity index (χ2n) is 4.17. The summed E-state index contributed by atoms with van der Waals surface area (Å²) in [5.74, 6) is 0.275. The predicted molar refractivity (Wildman–Crippen MR) is 67.1 cm³/mol. The van der Waals surface area contributed by atoms with Crippen LogP contribution in [-0.4, -0.2) is 31.3 Å². The molecule has 1 aromatic carbocycles. The van der Waals surface area contributed by atoms with Crippen molar-refractivity contribution in [2.75, 3.05) is 25.6 Å². The fourth-order valence-electron chi connectivity index (χ4n) is 2.00. The molecule has 1 heterocycles. The Hall–Kier alpha value is -1.82. The second-order valence-corrected chi connectivity index (χ2v) is 4.17. The molecule has 6 heteroatoms. The van der Waals surface area contributed by atoms with Gasteiger partial charge in [0.15, 0.2) is 5.75 Å². The first kappa shape index (κ1) is 12.6. The molecule has 1 aromatic rings. The van der Waals surface area contributed by atoms with Gasteiger partial charge in [-0.1, -0.05) is 0 Å². The largest absolute Gasteiger partial charge is 0.490 e. The van der Waals surface area contributed by atoms with Crippen LogP contribution in [0.5, 0.6) is 5.75 Å². The normalized spacial score (nSPS) is 16.3. The summed E-state index contributed by atoms with van der Waals surface area (Å²) in [6.45, 7) is 1.50. The molecule has 1 aliphatic heterocycles. The predicted octanol–water partition coefficient (Wildman–Crippen LogP) is 2.19. The second kappa shape index (κ2) is 5.68. The summed E-state index contributed by atoms with van der Waals surface area (Å²) in [4.78, 5) is 10.3. The lowest BCUT2D eigenvalue weighted by Gasteiger charge is -2.24. The summed E-state index contributed by atoms with van der Waals surface area (Å²) < 4.78 is 10.3. The van der Waals surface area contributed by atoms with E-state index in [4.69, 9.17) is 9.47 Å². The van der Waals surface area contributed by atoms with Crippen LogP contribution in [0.15, 0.2) is 18.2 Å². The van der Waals surface area contributed by atoms with Crippen LogP contribution in [0.4, 0.5) is 11.4 Å². The number of anilines is 1. The number of ether oxygens (including phenoxy) is 2. The molecule has 0 aliphatic carbocycles. The van der Waals surface area contributed by atoms with Gasteiger partial charge in [0.2, 0.25) is 0 Å². The van der Waals surface area contributed by atoms with Crippen LogP contribution in [0.2, 0.25) is 0 Å². The summed E-state index contributed by atoms with van der Waals surface area (Å²) >= 11 is 0. The van der Waals surface area contributed by atoms with Crippen LogP contribution in [0, 0.1) is 10.1 Å². The standard InChI is InChI=1S/C12H16N2O4/c1-17-12-8-10(2-3-11(12)14(15)16)13-9-4-6-18-7-5-9/h2-3,8-9,13H,4-7H2,1H3. The van der Waals surface area contributed by atoms with E-state index in [1.54, 1.807) is 12.1 Å². The van der Waals surface area contributed by atoms with E-state index in [1.807, 2.05) is 0 Å². The van der Waals surface area contributed by atoms with Gasteiger partial charge in [-0.15, -0.1) is 0 Å². The molecule has 0 unspecified atom stereocenters. The highest BCUT2D eigenvalue weighted by molar-refractivity contribution is 5.58. The lowest BCUT2D eigenvalue weighted by molar-refractivity contribution is -0.385. The van der Waals surface area contributed by atoms with Crippen LogP contribution in [-0.2, 0) is 4.74 Å². The number of nitrogens with zero attached hydrogens (tertiary/aromatic N) is 1. The third kappa shape index (κ3) is 2.89. The molecule has 0 bridgehead atoms. The molecule has 98 valence electrons. The molecule has 1 fully saturated rings. The topological polar surface area (TPSA) is 73.6 Å². The van der Waals surface area contributed by atoms with Gasteiger partial charge in [-0.2, -0.15) is 0 Å². The zero-order chi connectivity index (χ0) is 13.0. The number of nitro benzene ring substituents is 1. The van der Waals surface area contributed by atoms with E-state index in [0.717, 1.165) is 31.7 Å². The first-order valence-electron chi connectivity index (χ1n) is 5.87. The monoisotopic (exact) mass is 252 g/mol. The van der Waals surface area contributed by atoms with Gasteiger partial charge < -0.3 is 14.8 Å². The number of benzene rings is 1. The minimum atomic E-state index is -0.447. The number of nitro groups is 1. The van der Waals surface area contributed by atoms with Crippen molar-refractivity contribution < 1.29 is 14.4 Å². The van der Waals surface area contributed by atoms with Gasteiger partial charge in [-0.05, 0) is 18.9 Å².